The molecule has 0 amide bonds. The number of aliphatic hydroxyl groups is 1. The molecule has 2 heterocycles. The number of hydrogen-bond acceptors (Lipinski definition) is 4. The van der Waals surface area contributed by atoms with Gasteiger partial charge in [0, 0.05) is 25.3 Å². The van der Waals surface area contributed by atoms with Crippen molar-refractivity contribution in [1.82, 2.24) is 13.9 Å². The quantitative estimate of drug-likeness (QED) is 0.885. The van der Waals surface area contributed by atoms with E-state index >= 15 is 0 Å². The van der Waals surface area contributed by atoms with Gasteiger partial charge in [-0.3, -0.25) is 0 Å². The van der Waals surface area contributed by atoms with Crippen molar-refractivity contribution >= 4 is 10.0 Å². The van der Waals surface area contributed by atoms with Crippen LogP contribution in [0.2, 0.25) is 0 Å². The molecule has 1 aliphatic rings. The predicted octanol–water partition coefficient (Wildman–Crippen LogP) is 1.14. The zero-order valence-electron chi connectivity index (χ0n) is 12.3. The Morgan fingerprint density at radius 2 is 2.25 bits per heavy atom. The van der Waals surface area contributed by atoms with Crippen LogP contribution in [0.15, 0.2) is 11.2 Å². The van der Waals surface area contributed by atoms with Crippen molar-refractivity contribution in [3.05, 3.63) is 12.0 Å². The fourth-order valence-electron chi connectivity index (χ4n) is 2.80. The van der Waals surface area contributed by atoms with E-state index < -0.39 is 16.1 Å². The third-order valence-corrected chi connectivity index (χ3v) is 5.63. The van der Waals surface area contributed by atoms with Gasteiger partial charge in [0.25, 0.3) is 10.0 Å². The zero-order valence-corrected chi connectivity index (χ0v) is 13.1. The minimum absolute atomic E-state index is 0.118. The maximum atomic E-state index is 12.7. The second kappa shape index (κ2) is 5.83. The van der Waals surface area contributed by atoms with Crippen LogP contribution in [0.25, 0.3) is 0 Å². The van der Waals surface area contributed by atoms with Gasteiger partial charge in [0.2, 0.25) is 0 Å². The Bertz CT molecular complexity index is 565. The Hall–Kier alpha value is -0.920. The molecule has 0 radical (unpaired) electrons. The molecule has 1 aliphatic heterocycles. The zero-order chi connectivity index (χ0) is 14.9. The second-order valence-electron chi connectivity index (χ2n) is 5.41. The lowest BCUT2D eigenvalue weighted by Crippen LogP contribution is -2.37. The van der Waals surface area contributed by atoms with E-state index in [0.717, 1.165) is 12.8 Å². The van der Waals surface area contributed by atoms with Crippen LogP contribution in [0.1, 0.15) is 38.9 Å². The molecule has 1 aromatic rings. The van der Waals surface area contributed by atoms with Crippen LogP contribution in [0.4, 0.5) is 0 Å². The summed E-state index contributed by atoms with van der Waals surface area (Å²) in [5, 5.41) is 9.63. The number of aliphatic hydroxyl groups excluding tert-OH is 1. The number of hydrogen-bond donors (Lipinski definition) is 1. The summed E-state index contributed by atoms with van der Waals surface area (Å²) in [7, 11) is -3.55. The predicted molar refractivity (Wildman–Crippen MR) is 75.8 cm³/mol. The Kier molecular flexibility index (Phi) is 4.51. The van der Waals surface area contributed by atoms with E-state index in [1.54, 1.807) is 20.0 Å². The minimum Gasteiger partial charge on any atom is -0.393 e. The van der Waals surface area contributed by atoms with Gasteiger partial charge in [-0.15, -0.1) is 0 Å². The van der Waals surface area contributed by atoms with Gasteiger partial charge in [0.05, 0.1) is 6.10 Å². The molecule has 0 aliphatic carbocycles. The van der Waals surface area contributed by atoms with Gasteiger partial charge in [0.1, 0.15) is 5.82 Å². The molecule has 0 aromatic carbocycles. The van der Waals surface area contributed by atoms with Gasteiger partial charge in [0.15, 0.2) is 5.03 Å². The lowest BCUT2D eigenvalue weighted by molar-refractivity contribution is 0.157. The molecule has 1 saturated heterocycles. The van der Waals surface area contributed by atoms with Gasteiger partial charge in [-0.05, 0) is 40.0 Å². The van der Waals surface area contributed by atoms with Crippen LogP contribution in [0.3, 0.4) is 0 Å². The van der Waals surface area contributed by atoms with Crippen molar-refractivity contribution < 1.29 is 13.5 Å². The maximum absolute atomic E-state index is 12.7. The third-order valence-electron chi connectivity index (χ3n) is 3.80. The van der Waals surface area contributed by atoms with Crippen LogP contribution in [-0.4, -0.2) is 46.1 Å². The van der Waals surface area contributed by atoms with Gasteiger partial charge in [-0.25, -0.2) is 13.4 Å². The van der Waals surface area contributed by atoms with Crippen molar-refractivity contribution in [2.45, 2.75) is 63.8 Å². The summed E-state index contributed by atoms with van der Waals surface area (Å²) in [5.41, 5.74) is 0. The molecule has 2 atom stereocenters. The molecule has 2 rings (SSSR count). The molecule has 1 aromatic heterocycles. The highest BCUT2D eigenvalue weighted by molar-refractivity contribution is 7.89. The summed E-state index contributed by atoms with van der Waals surface area (Å²) in [5.74, 6) is 0.706. The molecule has 0 bridgehead atoms. The number of nitrogens with zero attached hydrogens (tertiary/aromatic N) is 3. The highest BCUT2D eigenvalue weighted by atomic mass is 32.2. The van der Waals surface area contributed by atoms with E-state index in [2.05, 4.69) is 4.98 Å². The highest BCUT2D eigenvalue weighted by Gasteiger charge is 2.37. The van der Waals surface area contributed by atoms with E-state index in [1.165, 1.54) is 4.31 Å². The largest absolute Gasteiger partial charge is 0.393 e. The van der Waals surface area contributed by atoms with Crippen LogP contribution in [0, 0.1) is 6.92 Å². The van der Waals surface area contributed by atoms with E-state index in [4.69, 9.17) is 0 Å². The molecular formula is C13H23N3O3S. The first-order valence-electron chi connectivity index (χ1n) is 7.10. The van der Waals surface area contributed by atoms with Crippen LogP contribution < -0.4 is 0 Å². The van der Waals surface area contributed by atoms with Crippen molar-refractivity contribution in [2.75, 3.05) is 6.54 Å². The fourth-order valence-corrected chi connectivity index (χ4v) is 4.50. The second-order valence-corrected chi connectivity index (χ2v) is 7.25. The normalized spacial score (nSPS) is 22.3. The average molecular weight is 301 g/mol. The van der Waals surface area contributed by atoms with Crippen LogP contribution in [0.5, 0.6) is 0 Å². The Morgan fingerprint density at radius 3 is 2.80 bits per heavy atom. The standard InChI is InChI=1S/C13H23N3O3S/c1-4-15-9-13(14-11(15)3)20(18,19)16-7-5-6-12(16)8-10(2)17/h9-10,12,17H,4-8H2,1-3H3. The minimum atomic E-state index is -3.55. The molecule has 1 fully saturated rings. The molecule has 114 valence electrons. The van der Waals surface area contributed by atoms with Crippen molar-refractivity contribution in [3.8, 4) is 0 Å². The summed E-state index contributed by atoms with van der Waals surface area (Å²) in [6.07, 6.45) is 3.22. The molecule has 0 spiro atoms. The lowest BCUT2D eigenvalue weighted by atomic mass is 10.1. The summed E-state index contributed by atoms with van der Waals surface area (Å²) >= 11 is 0. The van der Waals surface area contributed by atoms with Crippen molar-refractivity contribution in [3.63, 3.8) is 0 Å². The van der Waals surface area contributed by atoms with E-state index in [0.29, 0.717) is 25.3 Å². The summed E-state index contributed by atoms with van der Waals surface area (Å²) in [6.45, 7) is 6.67. The number of aromatic nitrogens is 2. The summed E-state index contributed by atoms with van der Waals surface area (Å²) in [4.78, 5) is 4.18. The van der Waals surface area contributed by atoms with Crippen molar-refractivity contribution in [2.24, 2.45) is 0 Å². The SMILES string of the molecule is CCn1cc(S(=O)(=O)N2CCCC2CC(C)O)nc1C. The Morgan fingerprint density at radius 1 is 1.55 bits per heavy atom. The van der Waals surface area contributed by atoms with E-state index in [9.17, 15) is 13.5 Å². The smallest absolute Gasteiger partial charge is 0.262 e. The third kappa shape index (κ3) is 2.89. The first-order chi connectivity index (χ1) is 9.36. The summed E-state index contributed by atoms with van der Waals surface area (Å²) < 4.78 is 28.7. The average Bonchev–Trinajstić information content (AvgIpc) is 2.95. The molecule has 6 nitrogen and oxygen atoms in total. The first-order valence-corrected chi connectivity index (χ1v) is 8.54. The molecule has 7 heteroatoms. The Labute approximate surface area is 120 Å². The van der Waals surface area contributed by atoms with E-state index in [1.807, 2.05) is 11.5 Å². The molecule has 20 heavy (non-hydrogen) atoms. The topological polar surface area (TPSA) is 75.4 Å². The summed E-state index contributed by atoms with van der Waals surface area (Å²) in [6, 6.07) is -0.118. The molecule has 0 saturated carbocycles. The molecule has 1 N–H and O–H groups in total. The first kappa shape index (κ1) is 15.5. The van der Waals surface area contributed by atoms with Crippen LogP contribution in [-0.2, 0) is 16.6 Å². The molecule has 2 unspecified atom stereocenters. The van der Waals surface area contributed by atoms with Gasteiger partial charge < -0.3 is 9.67 Å². The van der Waals surface area contributed by atoms with Gasteiger partial charge in [-0.1, -0.05) is 0 Å². The number of rotatable bonds is 5. The maximum Gasteiger partial charge on any atom is 0.262 e. The van der Waals surface area contributed by atoms with Gasteiger partial charge >= 0.3 is 0 Å². The Balaban J connectivity index is 2.28. The number of aryl methyl sites for hydroxylation is 2. The van der Waals surface area contributed by atoms with E-state index in [-0.39, 0.29) is 11.1 Å². The van der Waals surface area contributed by atoms with Crippen molar-refractivity contribution in [1.29, 1.82) is 0 Å². The monoisotopic (exact) mass is 301 g/mol. The lowest BCUT2D eigenvalue weighted by Gasteiger charge is -2.23. The highest BCUT2D eigenvalue weighted by Crippen LogP contribution is 2.28. The molecular weight excluding hydrogens is 278 g/mol. The number of sulfonamides is 1. The van der Waals surface area contributed by atoms with Crippen LogP contribution >= 0.6 is 0 Å². The number of imidazole rings is 1. The fraction of sp³-hybridized carbons (Fsp3) is 0.769. The van der Waals surface area contributed by atoms with Gasteiger partial charge in [-0.2, -0.15) is 4.31 Å².